The maximum Gasteiger partial charge on any atom is 0.243 e. The van der Waals surface area contributed by atoms with Crippen molar-refractivity contribution in [3.05, 3.63) is 11.7 Å². The van der Waals surface area contributed by atoms with Crippen molar-refractivity contribution in [2.24, 2.45) is 17.6 Å². The smallest absolute Gasteiger partial charge is 0.243 e. The summed E-state index contributed by atoms with van der Waals surface area (Å²) in [4.78, 5) is 4.35. The predicted octanol–water partition coefficient (Wildman–Crippen LogP) is 2.70. The Bertz CT molecular complexity index is 309. The van der Waals surface area contributed by atoms with Gasteiger partial charge in [-0.05, 0) is 18.3 Å². The van der Waals surface area contributed by atoms with E-state index in [1.54, 1.807) is 0 Å². The Kier molecular flexibility index (Phi) is 4.93. The van der Waals surface area contributed by atoms with Crippen molar-refractivity contribution in [3.8, 4) is 0 Å². The maximum atomic E-state index is 6.02. The van der Waals surface area contributed by atoms with Crippen LogP contribution in [0.25, 0.3) is 0 Å². The average Bonchev–Trinajstić information content (AvgIpc) is 2.72. The zero-order valence-electron chi connectivity index (χ0n) is 10.7. The second-order valence-corrected chi connectivity index (χ2v) is 4.89. The van der Waals surface area contributed by atoms with E-state index in [4.69, 9.17) is 10.3 Å². The first-order valence-electron chi connectivity index (χ1n) is 6.12. The molecule has 0 saturated heterocycles. The SMILES string of the molecule is CCC(C)C(N)c1nc(CCC(C)C)no1. The highest BCUT2D eigenvalue weighted by molar-refractivity contribution is 4.93. The molecule has 0 aliphatic carbocycles. The third kappa shape index (κ3) is 3.59. The van der Waals surface area contributed by atoms with Crippen LogP contribution in [0.3, 0.4) is 0 Å². The summed E-state index contributed by atoms with van der Waals surface area (Å²) in [7, 11) is 0. The lowest BCUT2D eigenvalue weighted by molar-refractivity contribution is 0.310. The molecule has 0 spiro atoms. The first kappa shape index (κ1) is 13.2. The van der Waals surface area contributed by atoms with Crippen LogP contribution in [0.5, 0.6) is 0 Å². The topological polar surface area (TPSA) is 64.9 Å². The Balaban J connectivity index is 2.57. The standard InChI is InChI=1S/C12H23N3O/c1-5-9(4)11(13)12-14-10(15-16-12)7-6-8(2)3/h8-9,11H,5-7,13H2,1-4H3. The van der Waals surface area contributed by atoms with Gasteiger partial charge in [0, 0.05) is 6.42 Å². The number of nitrogens with two attached hydrogens (primary N) is 1. The minimum Gasteiger partial charge on any atom is -0.338 e. The molecule has 0 radical (unpaired) electrons. The lowest BCUT2D eigenvalue weighted by Gasteiger charge is -2.12. The Morgan fingerprint density at radius 3 is 2.56 bits per heavy atom. The lowest BCUT2D eigenvalue weighted by Crippen LogP contribution is -2.18. The molecule has 1 aromatic heterocycles. The van der Waals surface area contributed by atoms with Crippen LogP contribution in [-0.4, -0.2) is 10.1 Å². The Labute approximate surface area is 97.6 Å². The molecule has 92 valence electrons. The zero-order chi connectivity index (χ0) is 12.1. The van der Waals surface area contributed by atoms with Gasteiger partial charge in [-0.3, -0.25) is 0 Å². The number of rotatable bonds is 6. The Hall–Kier alpha value is -0.900. The molecule has 0 amide bonds. The largest absolute Gasteiger partial charge is 0.338 e. The fourth-order valence-corrected chi connectivity index (χ4v) is 1.42. The molecule has 0 aromatic carbocycles. The van der Waals surface area contributed by atoms with E-state index in [2.05, 4.69) is 37.8 Å². The van der Waals surface area contributed by atoms with Crippen LogP contribution in [0.4, 0.5) is 0 Å². The molecule has 4 heteroatoms. The molecule has 0 fully saturated rings. The number of aryl methyl sites for hydroxylation is 1. The molecule has 1 heterocycles. The fourth-order valence-electron chi connectivity index (χ4n) is 1.42. The van der Waals surface area contributed by atoms with Crippen LogP contribution in [0, 0.1) is 11.8 Å². The maximum absolute atomic E-state index is 6.02. The van der Waals surface area contributed by atoms with Crippen LogP contribution < -0.4 is 5.73 Å². The highest BCUT2D eigenvalue weighted by atomic mass is 16.5. The summed E-state index contributed by atoms with van der Waals surface area (Å²) < 4.78 is 5.20. The van der Waals surface area contributed by atoms with Gasteiger partial charge >= 0.3 is 0 Å². The van der Waals surface area contributed by atoms with Gasteiger partial charge in [0.05, 0.1) is 6.04 Å². The monoisotopic (exact) mass is 225 g/mol. The van der Waals surface area contributed by atoms with Gasteiger partial charge in [0.2, 0.25) is 5.89 Å². The quantitative estimate of drug-likeness (QED) is 0.808. The normalized spacial score (nSPS) is 15.4. The minimum atomic E-state index is -0.134. The highest BCUT2D eigenvalue weighted by Crippen LogP contribution is 2.20. The summed E-state index contributed by atoms with van der Waals surface area (Å²) in [6.45, 7) is 8.58. The second kappa shape index (κ2) is 5.99. The van der Waals surface area contributed by atoms with Gasteiger partial charge in [0.1, 0.15) is 0 Å². The average molecular weight is 225 g/mol. The molecule has 2 atom stereocenters. The molecular formula is C12H23N3O. The molecule has 2 N–H and O–H groups in total. The molecule has 1 aromatic rings. The molecule has 0 aliphatic heterocycles. The van der Waals surface area contributed by atoms with E-state index < -0.39 is 0 Å². The van der Waals surface area contributed by atoms with Crippen molar-refractivity contribution in [1.82, 2.24) is 10.1 Å². The lowest BCUT2D eigenvalue weighted by atomic mass is 10.0. The van der Waals surface area contributed by atoms with E-state index in [0.29, 0.717) is 17.7 Å². The first-order valence-corrected chi connectivity index (χ1v) is 6.12. The summed E-state index contributed by atoms with van der Waals surface area (Å²) in [6.07, 6.45) is 2.97. The third-order valence-corrected chi connectivity index (χ3v) is 2.97. The van der Waals surface area contributed by atoms with Gasteiger partial charge < -0.3 is 10.3 Å². The van der Waals surface area contributed by atoms with Gasteiger partial charge in [-0.1, -0.05) is 39.3 Å². The van der Waals surface area contributed by atoms with Crippen molar-refractivity contribution in [1.29, 1.82) is 0 Å². The van der Waals surface area contributed by atoms with E-state index in [-0.39, 0.29) is 6.04 Å². The summed E-state index contributed by atoms with van der Waals surface area (Å²) in [5, 5.41) is 3.96. The van der Waals surface area contributed by atoms with Crippen molar-refractivity contribution < 1.29 is 4.52 Å². The van der Waals surface area contributed by atoms with Gasteiger partial charge in [0.15, 0.2) is 5.82 Å². The molecule has 0 saturated carbocycles. The summed E-state index contributed by atoms with van der Waals surface area (Å²) >= 11 is 0. The summed E-state index contributed by atoms with van der Waals surface area (Å²) in [5.74, 6) is 2.39. The molecular weight excluding hydrogens is 202 g/mol. The van der Waals surface area contributed by atoms with E-state index in [1.807, 2.05) is 0 Å². The summed E-state index contributed by atoms with van der Waals surface area (Å²) in [6, 6.07) is -0.134. The van der Waals surface area contributed by atoms with Crippen LogP contribution in [0.2, 0.25) is 0 Å². The Morgan fingerprint density at radius 2 is 2.00 bits per heavy atom. The zero-order valence-corrected chi connectivity index (χ0v) is 10.7. The van der Waals surface area contributed by atoms with Gasteiger partial charge in [-0.25, -0.2) is 0 Å². The number of aromatic nitrogens is 2. The van der Waals surface area contributed by atoms with Crippen LogP contribution in [0.15, 0.2) is 4.52 Å². The van der Waals surface area contributed by atoms with Gasteiger partial charge in [-0.15, -0.1) is 0 Å². The van der Waals surface area contributed by atoms with Crippen molar-refractivity contribution in [3.63, 3.8) is 0 Å². The second-order valence-electron chi connectivity index (χ2n) is 4.89. The van der Waals surface area contributed by atoms with E-state index >= 15 is 0 Å². The third-order valence-electron chi connectivity index (χ3n) is 2.97. The number of hydrogen-bond donors (Lipinski definition) is 1. The highest BCUT2D eigenvalue weighted by Gasteiger charge is 2.19. The first-order chi connectivity index (χ1) is 7.54. The van der Waals surface area contributed by atoms with Gasteiger partial charge in [0.25, 0.3) is 0 Å². The van der Waals surface area contributed by atoms with Crippen molar-refractivity contribution in [2.45, 2.75) is 53.0 Å². The molecule has 0 aliphatic rings. The molecule has 1 rings (SSSR count). The van der Waals surface area contributed by atoms with Crippen LogP contribution >= 0.6 is 0 Å². The van der Waals surface area contributed by atoms with Gasteiger partial charge in [-0.2, -0.15) is 4.98 Å². The van der Waals surface area contributed by atoms with Crippen molar-refractivity contribution in [2.75, 3.05) is 0 Å². The van der Waals surface area contributed by atoms with E-state index in [9.17, 15) is 0 Å². The number of hydrogen-bond acceptors (Lipinski definition) is 4. The minimum absolute atomic E-state index is 0.134. The molecule has 2 unspecified atom stereocenters. The van der Waals surface area contributed by atoms with Crippen LogP contribution in [-0.2, 0) is 6.42 Å². The molecule has 16 heavy (non-hydrogen) atoms. The Morgan fingerprint density at radius 1 is 1.31 bits per heavy atom. The van der Waals surface area contributed by atoms with Crippen LogP contribution in [0.1, 0.15) is 58.3 Å². The molecule has 0 bridgehead atoms. The summed E-state index contributed by atoms with van der Waals surface area (Å²) in [5.41, 5.74) is 6.02. The predicted molar refractivity (Wildman–Crippen MR) is 63.8 cm³/mol. The van der Waals surface area contributed by atoms with E-state index in [0.717, 1.165) is 25.1 Å². The molecule has 4 nitrogen and oxygen atoms in total. The number of nitrogens with zero attached hydrogens (tertiary/aromatic N) is 2. The van der Waals surface area contributed by atoms with E-state index in [1.165, 1.54) is 0 Å². The van der Waals surface area contributed by atoms with Crippen molar-refractivity contribution >= 4 is 0 Å². The fraction of sp³-hybridized carbons (Fsp3) is 0.833.